The number of halogens is 3. The van der Waals surface area contributed by atoms with Crippen LogP contribution in [0.15, 0.2) is 53.3 Å². The summed E-state index contributed by atoms with van der Waals surface area (Å²) in [7, 11) is 0. The number of nitrogens with zero attached hydrogens (tertiary/aromatic N) is 9. The van der Waals surface area contributed by atoms with Crippen molar-refractivity contribution in [3.05, 3.63) is 63.6 Å². The third kappa shape index (κ3) is 9.71. The molecule has 4 bridgehead atoms. The molecule has 0 aromatic carbocycles. The zero-order valence-electron chi connectivity index (χ0n) is 31.2. The number of aliphatic hydroxyl groups excluding tert-OH is 2. The summed E-state index contributed by atoms with van der Waals surface area (Å²) >= 11 is 14.6. The predicted octanol–water partition coefficient (Wildman–Crippen LogP) is 4.90. The average Bonchev–Trinajstić information content (AvgIpc) is 3.59. The number of piperazine rings is 2. The Morgan fingerprint density at radius 1 is 0.672 bits per heavy atom. The monoisotopic (exact) mass is 900 g/mol. The molecule has 4 saturated heterocycles. The second-order valence-electron chi connectivity index (χ2n) is 15.4. The van der Waals surface area contributed by atoms with Crippen molar-refractivity contribution in [1.29, 1.82) is 0 Å². The minimum Gasteiger partial charge on any atom is -0.474 e. The first-order valence-electron chi connectivity index (χ1n) is 19.4. The van der Waals surface area contributed by atoms with Crippen molar-refractivity contribution >= 4 is 67.8 Å². The summed E-state index contributed by atoms with van der Waals surface area (Å²) in [5.74, 6) is 2.09. The van der Waals surface area contributed by atoms with Crippen LogP contribution >= 0.6 is 39.1 Å². The van der Waals surface area contributed by atoms with Crippen molar-refractivity contribution in [3.63, 3.8) is 0 Å². The zero-order chi connectivity index (χ0) is 39.6. The number of pyridine rings is 2. The minimum absolute atomic E-state index is 0. The van der Waals surface area contributed by atoms with E-state index in [2.05, 4.69) is 78.4 Å². The number of ether oxygens (including phenoxy) is 2. The van der Waals surface area contributed by atoms with Crippen LogP contribution in [0.2, 0.25) is 10.3 Å². The maximum Gasteiger partial charge on any atom is 0.215 e. The third-order valence-electron chi connectivity index (χ3n) is 11.5. The van der Waals surface area contributed by atoms with Crippen molar-refractivity contribution in [2.45, 2.75) is 107 Å². The van der Waals surface area contributed by atoms with E-state index in [1.807, 2.05) is 18.3 Å². The number of aromatic nitrogens is 6. The Balaban J connectivity index is 0.000000148. The number of hydrogen-bond acceptors (Lipinski definition) is 16. The molecule has 4 unspecified atom stereocenters. The highest BCUT2D eigenvalue weighted by atomic mass is 79.9. The van der Waals surface area contributed by atoms with Gasteiger partial charge in [-0.2, -0.15) is 0 Å². The number of anilines is 5. The van der Waals surface area contributed by atoms with Crippen molar-refractivity contribution < 1.29 is 19.7 Å². The Hall–Kier alpha value is -4.00. The molecule has 8 heterocycles. The summed E-state index contributed by atoms with van der Waals surface area (Å²) in [6, 6.07) is 13.6. The molecular weight excluding hydrogens is 851 g/mol. The highest BCUT2D eigenvalue weighted by Gasteiger charge is 2.41. The van der Waals surface area contributed by atoms with Crippen molar-refractivity contribution in [2.75, 3.05) is 52.3 Å². The summed E-state index contributed by atoms with van der Waals surface area (Å²) in [6.07, 6.45) is 11.0. The normalized spacial score (nSPS) is 27.8. The van der Waals surface area contributed by atoms with E-state index in [1.165, 1.54) is 18.5 Å². The first-order chi connectivity index (χ1) is 27.6. The number of aliphatic hydroxyl groups is 2. The van der Waals surface area contributed by atoms with Gasteiger partial charge in [-0.05, 0) is 59.8 Å². The first kappa shape index (κ1) is 42.1. The van der Waals surface area contributed by atoms with E-state index in [-0.39, 0.29) is 31.8 Å². The van der Waals surface area contributed by atoms with E-state index in [0.717, 1.165) is 63.2 Å². The minimum atomic E-state index is -0.235. The van der Waals surface area contributed by atoms with Crippen LogP contribution in [0.5, 0.6) is 11.8 Å². The molecular formula is C39H51BrCl2N12O4. The Labute approximate surface area is 356 Å². The van der Waals surface area contributed by atoms with E-state index in [1.54, 1.807) is 18.3 Å². The third-order valence-corrected chi connectivity index (χ3v) is 12.5. The molecule has 0 radical (unpaired) electrons. The van der Waals surface area contributed by atoms with Crippen LogP contribution in [0.25, 0.3) is 0 Å². The van der Waals surface area contributed by atoms with Crippen molar-refractivity contribution in [1.82, 2.24) is 35.7 Å². The van der Waals surface area contributed by atoms with Gasteiger partial charge in [-0.3, -0.25) is 0 Å². The Morgan fingerprint density at radius 3 is 1.62 bits per heavy atom. The summed E-state index contributed by atoms with van der Waals surface area (Å²) in [5.41, 5.74) is 14.6. The SMILES string of the molecule is C.Nc1nnc(Cl)cc1Br.Nc1nnc(Cl)cc1N1CC2CCC(C1)N2c1ccnc(OC2CC(O)C2)c1.OC1CC(Oc2cc(N3C4CCC3CNC4)ccn2)C1. The quantitative estimate of drug-likeness (QED) is 0.167. The van der Waals surface area contributed by atoms with Crippen LogP contribution < -0.4 is 41.0 Å². The Bertz CT molecular complexity index is 1980. The highest BCUT2D eigenvalue weighted by Crippen LogP contribution is 2.39. The molecule has 4 aliphatic heterocycles. The van der Waals surface area contributed by atoms with E-state index in [4.69, 9.17) is 44.1 Å². The summed E-state index contributed by atoms with van der Waals surface area (Å²) < 4.78 is 12.4. The Morgan fingerprint density at radius 2 is 1.14 bits per heavy atom. The van der Waals surface area contributed by atoms with Crippen LogP contribution in [-0.4, -0.2) is 115 Å². The van der Waals surface area contributed by atoms with E-state index in [0.29, 0.717) is 75.2 Å². The fraction of sp³-hybridized carbons (Fsp3) is 0.538. The second kappa shape index (κ2) is 18.5. The van der Waals surface area contributed by atoms with Crippen LogP contribution in [0.3, 0.4) is 0 Å². The molecule has 58 heavy (non-hydrogen) atoms. The van der Waals surface area contributed by atoms with Crippen LogP contribution in [0.4, 0.5) is 28.7 Å². The van der Waals surface area contributed by atoms with Gasteiger partial charge >= 0.3 is 0 Å². The predicted molar refractivity (Wildman–Crippen MR) is 229 cm³/mol. The summed E-state index contributed by atoms with van der Waals surface area (Å²) in [6.45, 7) is 3.86. The van der Waals surface area contributed by atoms with E-state index >= 15 is 0 Å². The smallest absolute Gasteiger partial charge is 0.215 e. The number of nitrogens with two attached hydrogens (primary N) is 2. The van der Waals surface area contributed by atoms with Crippen LogP contribution in [0, 0.1) is 0 Å². The van der Waals surface area contributed by atoms with Gasteiger partial charge in [0.2, 0.25) is 11.8 Å². The molecule has 312 valence electrons. The largest absolute Gasteiger partial charge is 0.474 e. The molecule has 16 nitrogen and oxygen atoms in total. The topological polar surface area (TPSA) is 210 Å². The van der Waals surface area contributed by atoms with Gasteiger partial charge in [0.05, 0.1) is 22.4 Å². The number of fused-ring (bicyclic) bond motifs is 4. The molecule has 4 atom stereocenters. The number of hydrogen-bond donors (Lipinski definition) is 5. The Kier molecular flexibility index (Phi) is 13.4. The lowest BCUT2D eigenvalue weighted by Crippen LogP contribution is -2.54. The molecule has 2 aliphatic carbocycles. The number of rotatable bonds is 7. The number of nitrogen functional groups attached to an aromatic ring is 2. The van der Waals surface area contributed by atoms with Gasteiger partial charge in [-0.1, -0.05) is 30.6 Å². The maximum absolute atomic E-state index is 9.45. The fourth-order valence-corrected chi connectivity index (χ4v) is 9.27. The first-order valence-corrected chi connectivity index (χ1v) is 21.0. The van der Waals surface area contributed by atoms with Gasteiger partial charge < -0.3 is 51.2 Å². The lowest BCUT2D eigenvalue weighted by atomic mass is 9.92. The summed E-state index contributed by atoms with van der Waals surface area (Å²) in [5, 5.41) is 37.8. The van der Waals surface area contributed by atoms with Gasteiger partial charge in [0.25, 0.3) is 0 Å². The van der Waals surface area contributed by atoms with Gasteiger partial charge in [0.1, 0.15) is 12.2 Å². The average molecular weight is 903 g/mol. The molecule has 7 N–H and O–H groups in total. The van der Waals surface area contributed by atoms with Crippen molar-refractivity contribution in [3.8, 4) is 11.8 Å². The van der Waals surface area contributed by atoms with Gasteiger partial charge in [0, 0.05) is 118 Å². The van der Waals surface area contributed by atoms with Crippen LogP contribution in [0.1, 0.15) is 58.8 Å². The zero-order valence-corrected chi connectivity index (χ0v) is 34.3. The van der Waals surface area contributed by atoms with Gasteiger partial charge in [-0.15, -0.1) is 20.4 Å². The lowest BCUT2D eigenvalue weighted by Gasteiger charge is -2.43. The maximum atomic E-state index is 9.45. The van der Waals surface area contributed by atoms with Crippen molar-refractivity contribution in [2.24, 2.45) is 0 Å². The lowest BCUT2D eigenvalue weighted by molar-refractivity contribution is -0.0133. The fourth-order valence-electron chi connectivity index (χ4n) is 8.56. The molecule has 0 amide bonds. The number of nitrogens with one attached hydrogen (secondary N) is 1. The second-order valence-corrected chi connectivity index (χ2v) is 17.0. The molecule has 2 saturated carbocycles. The molecule has 4 aromatic heterocycles. The molecule has 6 fully saturated rings. The van der Waals surface area contributed by atoms with Gasteiger partial charge in [-0.25, -0.2) is 9.97 Å². The van der Waals surface area contributed by atoms with Crippen LogP contribution in [-0.2, 0) is 0 Å². The van der Waals surface area contributed by atoms with E-state index in [9.17, 15) is 10.2 Å². The molecule has 6 aliphatic rings. The highest BCUT2D eigenvalue weighted by molar-refractivity contribution is 9.10. The summed E-state index contributed by atoms with van der Waals surface area (Å²) in [4.78, 5) is 15.9. The molecule has 19 heteroatoms. The molecule has 10 rings (SSSR count). The molecule has 4 aromatic rings. The van der Waals surface area contributed by atoms with Gasteiger partial charge in [0.15, 0.2) is 21.9 Å². The molecule has 0 spiro atoms. The van der Waals surface area contributed by atoms with E-state index < -0.39 is 0 Å². The standard InChI is InChI=1S/C19H23ClN6O2.C15H21N3O2.C4H3BrClN3.CH4/c20-17-8-16(19(21)24-23-17)25-9-12-1-2-13(10-25)26(12)11-3-4-22-18(5-11)28-15-6-14(27)7-15;19-13-6-14(7-13)20-15-5-10(3-4-17-15)18-11-1-2-12(18)9-16-8-11;5-2-1-3(6)8-9-4(2)7;/h3-5,8,12-15,27H,1-2,6-7,9-10H2,(H2,21,24);3-5,11-14,16,19H,1-2,6-9H2;1H,(H2,7,9);1H4.